The van der Waals surface area contributed by atoms with Gasteiger partial charge in [0.25, 0.3) is 0 Å². The van der Waals surface area contributed by atoms with Crippen molar-refractivity contribution in [2.75, 3.05) is 13.6 Å². The molecule has 0 radical (unpaired) electrons. The quantitative estimate of drug-likeness (QED) is 0.523. The molecule has 7 nitrogen and oxygen atoms in total. The highest BCUT2D eigenvalue weighted by molar-refractivity contribution is 5.92. The third-order valence-corrected chi connectivity index (χ3v) is 2.48. The molecule has 1 rings (SSSR count). The molecule has 0 aromatic rings. The number of nitrogens with zero attached hydrogens (tertiary/aromatic N) is 1. The molecule has 16 heavy (non-hydrogen) atoms. The Morgan fingerprint density at radius 3 is 2.75 bits per heavy atom. The summed E-state index contributed by atoms with van der Waals surface area (Å²) in [7, 11) is 1.64. The number of nitrogens with two attached hydrogens (primary N) is 1. The highest BCUT2D eigenvalue weighted by atomic mass is 16.4. The predicted molar refractivity (Wildman–Crippen MR) is 54.4 cm³/mol. The number of carbonyl (C=O) groups excluding carboxylic acids is 2. The van der Waals surface area contributed by atoms with E-state index in [9.17, 15) is 14.4 Å². The van der Waals surface area contributed by atoms with E-state index in [1.165, 1.54) is 4.90 Å². The summed E-state index contributed by atoms with van der Waals surface area (Å²) in [5, 5.41) is 10.9. The van der Waals surface area contributed by atoms with Crippen molar-refractivity contribution in [1.82, 2.24) is 10.2 Å². The largest absolute Gasteiger partial charge is 0.481 e. The number of rotatable bonds is 4. The SMILES string of the molecule is CN1CCC(NC(=O)C(N)CC(=O)O)C1=O. The van der Waals surface area contributed by atoms with Crippen LogP contribution in [0.2, 0.25) is 0 Å². The van der Waals surface area contributed by atoms with Gasteiger partial charge in [-0.1, -0.05) is 0 Å². The number of hydrogen-bond acceptors (Lipinski definition) is 4. The number of nitrogens with one attached hydrogen (secondary N) is 1. The van der Waals surface area contributed by atoms with Gasteiger partial charge in [-0.3, -0.25) is 14.4 Å². The van der Waals surface area contributed by atoms with Gasteiger partial charge in [-0.05, 0) is 6.42 Å². The minimum atomic E-state index is -1.14. The van der Waals surface area contributed by atoms with Crippen LogP contribution in [0.15, 0.2) is 0 Å². The van der Waals surface area contributed by atoms with Crippen LogP contribution >= 0.6 is 0 Å². The Balaban J connectivity index is 2.45. The van der Waals surface area contributed by atoms with Gasteiger partial charge in [0.1, 0.15) is 6.04 Å². The maximum absolute atomic E-state index is 11.4. The lowest BCUT2D eigenvalue weighted by Gasteiger charge is -2.14. The Morgan fingerprint density at radius 2 is 2.31 bits per heavy atom. The molecule has 0 aromatic carbocycles. The van der Waals surface area contributed by atoms with Crippen LogP contribution in [0.25, 0.3) is 0 Å². The average molecular weight is 229 g/mol. The molecule has 2 unspecified atom stereocenters. The third kappa shape index (κ3) is 2.93. The fourth-order valence-electron chi connectivity index (χ4n) is 1.52. The maximum atomic E-state index is 11.4. The summed E-state index contributed by atoms with van der Waals surface area (Å²) in [5.74, 6) is -1.91. The van der Waals surface area contributed by atoms with Crippen LogP contribution in [-0.2, 0) is 14.4 Å². The van der Waals surface area contributed by atoms with Gasteiger partial charge in [-0.2, -0.15) is 0 Å². The molecule has 0 spiro atoms. The van der Waals surface area contributed by atoms with Crippen molar-refractivity contribution in [1.29, 1.82) is 0 Å². The van der Waals surface area contributed by atoms with Crippen molar-refractivity contribution in [3.8, 4) is 0 Å². The van der Waals surface area contributed by atoms with Gasteiger partial charge >= 0.3 is 5.97 Å². The molecular weight excluding hydrogens is 214 g/mol. The first-order chi connectivity index (χ1) is 7.41. The number of carboxylic acid groups (broad SMARTS) is 1. The van der Waals surface area contributed by atoms with E-state index in [0.717, 1.165) is 0 Å². The molecule has 0 aromatic heterocycles. The Labute approximate surface area is 92.6 Å². The number of carbonyl (C=O) groups is 3. The lowest BCUT2D eigenvalue weighted by molar-refractivity contribution is -0.139. The van der Waals surface area contributed by atoms with Crippen molar-refractivity contribution >= 4 is 17.8 Å². The Kier molecular flexibility index (Phi) is 3.83. The van der Waals surface area contributed by atoms with E-state index in [-0.39, 0.29) is 5.91 Å². The Bertz CT molecular complexity index is 318. The smallest absolute Gasteiger partial charge is 0.305 e. The number of likely N-dealkylation sites (N-methyl/N-ethyl adjacent to an activating group) is 1. The standard InChI is InChI=1S/C9H15N3O4/c1-12-3-2-6(9(12)16)11-8(15)5(10)4-7(13)14/h5-6H,2-4,10H2,1H3,(H,11,15)(H,13,14). The molecule has 1 aliphatic heterocycles. The van der Waals surface area contributed by atoms with Crippen LogP contribution in [0.4, 0.5) is 0 Å². The van der Waals surface area contributed by atoms with Crippen LogP contribution in [0.5, 0.6) is 0 Å². The second kappa shape index (κ2) is 4.93. The topological polar surface area (TPSA) is 113 Å². The summed E-state index contributed by atoms with van der Waals surface area (Å²) in [6.45, 7) is 0.581. The van der Waals surface area contributed by atoms with Gasteiger partial charge in [0, 0.05) is 13.6 Å². The zero-order chi connectivity index (χ0) is 12.3. The van der Waals surface area contributed by atoms with Gasteiger partial charge < -0.3 is 21.1 Å². The van der Waals surface area contributed by atoms with E-state index in [2.05, 4.69) is 5.32 Å². The fourth-order valence-corrected chi connectivity index (χ4v) is 1.52. The molecule has 0 saturated carbocycles. The third-order valence-electron chi connectivity index (χ3n) is 2.48. The summed E-state index contributed by atoms with van der Waals surface area (Å²) < 4.78 is 0. The highest BCUT2D eigenvalue weighted by Crippen LogP contribution is 2.08. The van der Waals surface area contributed by atoms with Crippen molar-refractivity contribution in [2.45, 2.75) is 24.9 Å². The van der Waals surface area contributed by atoms with E-state index in [0.29, 0.717) is 13.0 Å². The number of likely N-dealkylation sites (tertiary alicyclic amines) is 1. The molecule has 0 aliphatic carbocycles. The normalized spacial score (nSPS) is 22.0. The van der Waals surface area contributed by atoms with Crippen LogP contribution in [0.3, 0.4) is 0 Å². The zero-order valence-corrected chi connectivity index (χ0v) is 8.97. The molecule has 7 heteroatoms. The number of aliphatic carboxylic acids is 1. The van der Waals surface area contributed by atoms with Gasteiger partial charge in [0.05, 0.1) is 12.5 Å². The zero-order valence-electron chi connectivity index (χ0n) is 8.97. The maximum Gasteiger partial charge on any atom is 0.305 e. The second-order valence-electron chi connectivity index (χ2n) is 3.81. The van der Waals surface area contributed by atoms with Crippen molar-refractivity contribution in [3.63, 3.8) is 0 Å². The monoisotopic (exact) mass is 229 g/mol. The number of carboxylic acids is 1. The molecule has 4 N–H and O–H groups in total. The molecule has 2 atom stereocenters. The van der Waals surface area contributed by atoms with E-state index < -0.39 is 30.4 Å². The van der Waals surface area contributed by atoms with Gasteiger partial charge in [0.2, 0.25) is 11.8 Å². The van der Waals surface area contributed by atoms with E-state index in [4.69, 9.17) is 10.8 Å². The summed E-state index contributed by atoms with van der Waals surface area (Å²) in [4.78, 5) is 34.7. The second-order valence-corrected chi connectivity index (χ2v) is 3.81. The van der Waals surface area contributed by atoms with Crippen molar-refractivity contribution in [2.24, 2.45) is 5.73 Å². The van der Waals surface area contributed by atoms with E-state index >= 15 is 0 Å². The first-order valence-corrected chi connectivity index (χ1v) is 4.94. The predicted octanol–water partition coefficient (Wildman–Crippen LogP) is -1.86. The molecule has 0 bridgehead atoms. The van der Waals surface area contributed by atoms with Gasteiger partial charge in [-0.15, -0.1) is 0 Å². The van der Waals surface area contributed by atoms with Crippen molar-refractivity contribution in [3.05, 3.63) is 0 Å². The van der Waals surface area contributed by atoms with Crippen LogP contribution in [-0.4, -0.2) is 53.5 Å². The van der Waals surface area contributed by atoms with Crippen LogP contribution in [0.1, 0.15) is 12.8 Å². The lowest BCUT2D eigenvalue weighted by atomic mass is 10.2. The first kappa shape index (κ1) is 12.4. The molecule has 1 fully saturated rings. The molecule has 1 heterocycles. The van der Waals surface area contributed by atoms with Crippen LogP contribution in [0, 0.1) is 0 Å². The average Bonchev–Trinajstić information content (AvgIpc) is 2.48. The molecule has 2 amide bonds. The molecule has 1 aliphatic rings. The molecular formula is C9H15N3O4. The van der Waals surface area contributed by atoms with Crippen molar-refractivity contribution < 1.29 is 19.5 Å². The van der Waals surface area contributed by atoms with Crippen LogP contribution < -0.4 is 11.1 Å². The van der Waals surface area contributed by atoms with E-state index in [1.807, 2.05) is 0 Å². The van der Waals surface area contributed by atoms with Gasteiger partial charge in [0.15, 0.2) is 0 Å². The first-order valence-electron chi connectivity index (χ1n) is 4.94. The number of hydrogen-bond donors (Lipinski definition) is 3. The number of amides is 2. The van der Waals surface area contributed by atoms with E-state index in [1.54, 1.807) is 7.05 Å². The Hall–Kier alpha value is -1.63. The lowest BCUT2D eigenvalue weighted by Crippen LogP contribution is -2.48. The minimum Gasteiger partial charge on any atom is -0.481 e. The summed E-state index contributed by atoms with van der Waals surface area (Å²) in [6, 6.07) is -1.69. The molecule has 90 valence electrons. The molecule has 1 saturated heterocycles. The summed E-state index contributed by atoms with van der Waals surface area (Å²) >= 11 is 0. The summed E-state index contributed by atoms with van der Waals surface area (Å²) in [6.07, 6.45) is 0.0868. The Morgan fingerprint density at radius 1 is 1.69 bits per heavy atom. The minimum absolute atomic E-state index is 0.170. The summed E-state index contributed by atoms with van der Waals surface area (Å²) in [5.41, 5.74) is 5.36. The van der Waals surface area contributed by atoms with Gasteiger partial charge in [-0.25, -0.2) is 0 Å². The fraction of sp³-hybridized carbons (Fsp3) is 0.667. The highest BCUT2D eigenvalue weighted by Gasteiger charge is 2.31.